The average molecular weight is 237 g/mol. The molecule has 0 saturated heterocycles. The van der Waals surface area contributed by atoms with E-state index in [9.17, 15) is 5.11 Å². The van der Waals surface area contributed by atoms with Crippen molar-refractivity contribution >= 4 is 5.57 Å². The molecule has 4 nitrogen and oxygen atoms in total. The van der Waals surface area contributed by atoms with Crippen molar-refractivity contribution in [1.29, 1.82) is 0 Å². The fourth-order valence-electron chi connectivity index (χ4n) is 1.44. The van der Waals surface area contributed by atoms with Crippen LogP contribution in [0.5, 0.6) is 0 Å². The van der Waals surface area contributed by atoms with Crippen molar-refractivity contribution in [2.45, 2.75) is 12.5 Å². The smallest absolute Gasteiger partial charge is 0.215 e. The van der Waals surface area contributed by atoms with Crippen LogP contribution in [0.25, 0.3) is 5.57 Å². The molecule has 94 valence electrons. The maximum Gasteiger partial charge on any atom is 0.215 e. The van der Waals surface area contributed by atoms with Crippen LogP contribution in [0.3, 0.4) is 0 Å². The van der Waals surface area contributed by atoms with Gasteiger partial charge in [-0.2, -0.15) is 0 Å². The number of rotatable bonds is 7. The summed E-state index contributed by atoms with van der Waals surface area (Å²) in [4.78, 5) is 0. The van der Waals surface area contributed by atoms with E-state index in [1.54, 1.807) is 0 Å². The summed E-state index contributed by atoms with van der Waals surface area (Å²) in [6.45, 7) is 4.20. The van der Waals surface area contributed by atoms with Crippen molar-refractivity contribution in [3.05, 3.63) is 42.5 Å². The van der Waals surface area contributed by atoms with Crippen LogP contribution in [0.4, 0.5) is 0 Å². The molecule has 0 aliphatic carbocycles. The van der Waals surface area contributed by atoms with Crippen LogP contribution in [-0.2, 0) is 9.47 Å². The molecule has 0 unspecified atom stereocenters. The Bertz CT molecular complexity index is 336. The first-order valence-electron chi connectivity index (χ1n) is 5.40. The zero-order valence-electron chi connectivity index (χ0n) is 10.2. The molecule has 0 radical (unpaired) electrons. The summed E-state index contributed by atoms with van der Waals surface area (Å²) < 4.78 is 9.92. The van der Waals surface area contributed by atoms with Gasteiger partial charge in [0.05, 0.1) is 6.10 Å². The Morgan fingerprint density at radius 1 is 1.29 bits per heavy atom. The summed E-state index contributed by atoms with van der Waals surface area (Å²) >= 11 is 0. The summed E-state index contributed by atoms with van der Waals surface area (Å²) in [6, 6.07) is 9.57. The number of benzene rings is 1. The third-order valence-corrected chi connectivity index (χ3v) is 2.45. The minimum absolute atomic E-state index is 0.320. The number of aliphatic hydroxyl groups is 1. The summed E-state index contributed by atoms with van der Waals surface area (Å²) in [5, 5.41) is 12.9. The molecule has 0 aliphatic heterocycles. The molecule has 2 N–H and O–H groups in total. The molecule has 1 aromatic rings. The van der Waals surface area contributed by atoms with Crippen LogP contribution < -0.4 is 5.32 Å². The molecule has 0 aliphatic rings. The van der Waals surface area contributed by atoms with Gasteiger partial charge in [0.1, 0.15) is 0 Å². The molecular weight excluding hydrogens is 218 g/mol. The van der Waals surface area contributed by atoms with Gasteiger partial charge in [0.25, 0.3) is 0 Å². The second kappa shape index (κ2) is 7.19. The van der Waals surface area contributed by atoms with Gasteiger partial charge in [-0.05, 0) is 11.1 Å². The van der Waals surface area contributed by atoms with E-state index in [-0.39, 0.29) is 0 Å². The van der Waals surface area contributed by atoms with Crippen molar-refractivity contribution in [3.8, 4) is 0 Å². The molecule has 0 aromatic heterocycles. The standard InChI is InChI=1S/C13H19NO3/c1-10(11-7-5-4-6-8-11)12(15)9-14-13(16-2)17-3/h4-8,12-15H,1,9H2,2-3H3/t12-/m0/s1. The van der Waals surface area contributed by atoms with Gasteiger partial charge in [0, 0.05) is 20.8 Å². The first-order valence-corrected chi connectivity index (χ1v) is 5.40. The van der Waals surface area contributed by atoms with Crippen LogP contribution in [-0.4, -0.2) is 38.4 Å². The van der Waals surface area contributed by atoms with Gasteiger partial charge >= 0.3 is 0 Å². The Balaban J connectivity index is 2.48. The number of hydrogen-bond donors (Lipinski definition) is 2. The molecule has 0 heterocycles. The van der Waals surface area contributed by atoms with Crippen LogP contribution in [0.1, 0.15) is 5.56 Å². The molecule has 17 heavy (non-hydrogen) atoms. The minimum Gasteiger partial charge on any atom is -0.387 e. The quantitative estimate of drug-likeness (QED) is 0.700. The Hall–Kier alpha value is -1.20. The highest BCUT2D eigenvalue weighted by molar-refractivity contribution is 5.66. The number of ether oxygens (including phenoxy) is 2. The summed E-state index contributed by atoms with van der Waals surface area (Å²) in [5.41, 5.74) is 1.59. The lowest BCUT2D eigenvalue weighted by Crippen LogP contribution is -2.38. The minimum atomic E-state index is -0.676. The lowest BCUT2D eigenvalue weighted by molar-refractivity contribution is -0.125. The van der Waals surface area contributed by atoms with Gasteiger partial charge < -0.3 is 14.6 Å². The maximum atomic E-state index is 9.94. The Kier molecular flexibility index (Phi) is 5.86. The van der Waals surface area contributed by atoms with E-state index < -0.39 is 12.5 Å². The predicted octanol–water partition coefficient (Wildman–Crippen LogP) is 1.23. The molecule has 0 bridgehead atoms. The third-order valence-electron chi connectivity index (χ3n) is 2.45. The second-order valence-electron chi connectivity index (χ2n) is 3.62. The van der Waals surface area contributed by atoms with Gasteiger partial charge in [-0.3, -0.25) is 5.32 Å². The van der Waals surface area contributed by atoms with E-state index in [2.05, 4.69) is 11.9 Å². The predicted molar refractivity (Wildman–Crippen MR) is 67.3 cm³/mol. The van der Waals surface area contributed by atoms with Gasteiger partial charge in [-0.15, -0.1) is 0 Å². The van der Waals surface area contributed by atoms with Gasteiger partial charge in [-0.1, -0.05) is 36.9 Å². The molecule has 0 saturated carbocycles. The molecular formula is C13H19NO3. The van der Waals surface area contributed by atoms with Crippen molar-refractivity contribution in [2.24, 2.45) is 0 Å². The summed E-state index contributed by atoms with van der Waals surface area (Å²) in [5.74, 6) is 0. The number of aliphatic hydroxyl groups excluding tert-OH is 1. The van der Waals surface area contributed by atoms with Crippen LogP contribution >= 0.6 is 0 Å². The van der Waals surface area contributed by atoms with Crippen molar-refractivity contribution < 1.29 is 14.6 Å². The number of nitrogens with one attached hydrogen (secondary N) is 1. The van der Waals surface area contributed by atoms with Crippen LogP contribution in [0.2, 0.25) is 0 Å². The lowest BCUT2D eigenvalue weighted by atomic mass is 10.0. The number of hydrogen-bond acceptors (Lipinski definition) is 4. The fraction of sp³-hybridized carbons (Fsp3) is 0.385. The first kappa shape index (κ1) is 13.9. The molecule has 0 amide bonds. The van der Waals surface area contributed by atoms with Crippen LogP contribution in [0.15, 0.2) is 36.9 Å². The molecule has 4 heteroatoms. The average Bonchev–Trinajstić information content (AvgIpc) is 2.39. The van der Waals surface area contributed by atoms with Gasteiger partial charge in [-0.25, -0.2) is 0 Å². The number of methoxy groups -OCH3 is 2. The first-order chi connectivity index (χ1) is 8.19. The topological polar surface area (TPSA) is 50.7 Å². The third kappa shape index (κ3) is 4.28. The summed E-state index contributed by atoms with van der Waals surface area (Å²) in [7, 11) is 3.05. The molecule has 1 aromatic carbocycles. The zero-order valence-corrected chi connectivity index (χ0v) is 10.2. The van der Waals surface area contributed by atoms with Crippen LogP contribution in [0, 0.1) is 0 Å². The molecule has 1 rings (SSSR count). The SMILES string of the molecule is C=C(c1ccccc1)[C@@H](O)CNC(OC)OC. The van der Waals surface area contributed by atoms with Gasteiger partial charge in [0.15, 0.2) is 0 Å². The zero-order chi connectivity index (χ0) is 12.7. The van der Waals surface area contributed by atoms with E-state index in [0.717, 1.165) is 5.56 Å². The van der Waals surface area contributed by atoms with E-state index >= 15 is 0 Å². The highest BCUT2D eigenvalue weighted by atomic mass is 16.7. The van der Waals surface area contributed by atoms with Crippen molar-refractivity contribution in [3.63, 3.8) is 0 Å². The van der Waals surface area contributed by atoms with Gasteiger partial charge in [0.2, 0.25) is 6.41 Å². The van der Waals surface area contributed by atoms with Crippen molar-refractivity contribution in [1.82, 2.24) is 5.32 Å². The monoisotopic (exact) mass is 237 g/mol. The molecule has 0 spiro atoms. The highest BCUT2D eigenvalue weighted by Crippen LogP contribution is 2.15. The Morgan fingerprint density at radius 3 is 2.41 bits per heavy atom. The van der Waals surface area contributed by atoms with E-state index in [1.807, 2.05) is 30.3 Å². The molecule has 1 atom stereocenters. The van der Waals surface area contributed by atoms with E-state index in [0.29, 0.717) is 12.1 Å². The second-order valence-corrected chi connectivity index (χ2v) is 3.62. The Labute approximate surface area is 102 Å². The largest absolute Gasteiger partial charge is 0.387 e. The van der Waals surface area contributed by atoms with E-state index in [4.69, 9.17) is 9.47 Å². The summed E-state index contributed by atoms with van der Waals surface area (Å²) in [6.07, 6.45) is -1.20. The lowest BCUT2D eigenvalue weighted by Gasteiger charge is -2.19. The fourth-order valence-corrected chi connectivity index (χ4v) is 1.44. The molecule has 0 fully saturated rings. The maximum absolute atomic E-state index is 9.94. The van der Waals surface area contributed by atoms with E-state index in [1.165, 1.54) is 14.2 Å². The van der Waals surface area contributed by atoms with Crippen molar-refractivity contribution in [2.75, 3.05) is 20.8 Å². The highest BCUT2D eigenvalue weighted by Gasteiger charge is 2.12. The normalized spacial score (nSPS) is 12.7. The Morgan fingerprint density at radius 2 is 1.88 bits per heavy atom.